The molecule has 29 heavy (non-hydrogen) atoms. The van der Waals surface area contributed by atoms with Crippen LogP contribution < -0.4 is 19.5 Å². The molecule has 0 aromatic heterocycles. The molecule has 0 saturated heterocycles. The van der Waals surface area contributed by atoms with Crippen LogP contribution in [0.2, 0.25) is 0 Å². The van der Waals surface area contributed by atoms with E-state index in [4.69, 9.17) is 14.2 Å². The quantitative estimate of drug-likeness (QED) is 0.754. The fourth-order valence-corrected chi connectivity index (χ4v) is 3.76. The standard InChI is InChI=1S/C24H31NO4/c1-7-20(28-21-10-8-15(2)12-16(21)3)23(26)25-19-14-24(4,5)29-22-11-9-17(27-6)13-18(19)22/h8-13,19-20H,7,14H2,1-6H3,(H,25,26)/t19-,20+/m0/s1. The van der Waals surface area contributed by atoms with E-state index in [9.17, 15) is 4.79 Å². The van der Waals surface area contributed by atoms with E-state index in [-0.39, 0.29) is 17.6 Å². The molecule has 1 heterocycles. The Hall–Kier alpha value is -2.69. The SMILES string of the molecule is CC[C@@H](Oc1ccc(C)cc1C)C(=O)N[C@H]1CC(C)(C)Oc2ccc(OC)cc21. The number of carbonyl (C=O) groups is 1. The maximum atomic E-state index is 13.1. The van der Waals surface area contributed by atoms with E-state index in [1.165, 1.54) is 5.56 Å². The summed E-state index contributed by atoms with van der Waals surface area (Å²) in [7, 11) is 1.63. The highest BCUT2D eigenvalue weighted by molar-refractivity contribution is 5.81. The minimum Gasteiger partial charge on any atom is -0.497 e. The third-order valence-corrected chi connectivity index (χ3v) is 5.25. The Morgan fingerprint density at radius 1 is 1.24 bits per heavy atom. The second-order valence-corrected chi connectivity index (χ2v) is 8.31. The van der Waals surface area contributed by atoms with Gasteiger partial charge in [-0.1, -0.05) is 24.6 Å². The van der Waals surface area contributed by atoms with Crippen molar-refractivity contribution in [2.24, 2.45) is 0 Å². The van der Waals surface area contributed by atoms with Crippen LogP contribution in [0.3, 0.4) is 0 Å². The van der Waals surface area contributed by atoms with E-state index >= 15 is 0 Å². The largest absolute Gasteiger partial charge is 0.497 e. The molecule has 0 spiro atoms. The first-order valence-electron chi connectivity index (χ1n) is 10.1. The van der Waals surface area contributed by atoms with Crippen molar-refractivity contribution in [1.82, 2.24) is 5.32 Å². The number of nitrogens with one attached hydrogen (secondary N) is 1. The molecular weight excluding hydrogens is 366 g/mol. The first kappa shape index (κ1) is 21.0. The number of carbonyl (C=O) groups excluding carboxylic acids is 1. The molecule has 0 unspecified atom stereocenters. The van der Waals surface area contributed by atoms with Crippen molar-refractivity contribution in [2.75, 3.05) is 7.11 Å². The fourth-order valence-electron chi connectivity index (χ4n) is 3.76. The number of rotatable bonds is 6. The number of hydrogen-bond acceptors (Lipinski definition) is 4. The van der Waals surface area contributed by atoms with Crippen molar-refractivity contribution in [3.8, 4) is 17.2 Å². The summed E-state index contributed by atoms with van der Waals surface area (Å²) in [6, 6.07) is 11.5. The molecular formula is C24H31NO4. The molecule has 0 aliphatic carbocycles. The maximum Gasteiger partial charge on any atom is 0.261 e. The van der Waals surface area contributed by atoms with E-state index in [0.29, 0.717) is 12.8 Å². The van der Waals surface area contributed by atoms with Gasteiger partial charge in [-0.25, -0.2) is 0 Å². The Morgan fingerprint density at radius 2 is 2.00 bits per heavy atom. The highest BCUT2D eigenvalue weighted by atomic mass is 16.5. The molecule has 5 heteroatoms. The van der Waals surface area contributed by atoms with E-state index in [0.717, 1.165) is 28.4 Å². The molecule has 1 aliphatic rings. The molecule has 2 aromatic carbocycles. The lowest BCUT2D eigenvalue weighted by molar-refractivity contribution is -0.129. The Balaban J connectivity index is 1.81. The van der Waals surface area contributed by atoms with E-state index in [2.05, 4.69) is 11.4 Å². The lowest BCUT2D eigenvalue weighted by Gasteiger charge is -2.38. The summed E-state index contributed by atoms with van der Waals surface area (Å²) in [5.41, 5.74) is 2.75. The van der Waals surface area contributed by atoms with Gasteiger partial charge in [0.05, 0.1) is 13.2 Å². The van der Waals surface area contributed by atoms with Crippen molar-refractivity contribution in [3.63, 3.8) is 0 Å². The zero-order chi connectivity index (χ0) is 21.2. The molecule has 2 atom stereocenters. The van der Waals surface area contributed by atoms with Gasteiger partial charge in [-0.2, -0.15) is 0 Å². The van der Waals surface area contributed by atoms with Crippen LogP contribution in [0.15, 0.2) is 36.4 Å². The minimum atomic E-state index is -0.559. The first-order chi connectivity index (χ1) is 13.7. The van der Waals surface area contributed by atoms with Gasteiger partial charge >= 0.3 is 0 Å². The minimum absolute atomic E-state index is 0.121. The van der Waals surface area contributed by atoms with Gasteiger partial charge in [0.25, 0.3) is 5.91 Å². The molecule has 5 nitrogen and oxygen atoms in total. The predicted octanol–water partition coefficient (Wildman–Crippen LogP) is 4.89. The van der Waals surface area contributed by atoms with Crippen LogP contribution >= 0.6 is 0 Å². The molecule has 0 saturated carbocycles. The van der Waals surface area contributed by atoms with Gasteiger partial charge in [-0.15, -0.1) is 0 Å². The number of benzene rings is 2. The fraction of sp³-hybridized carbons (Fsp3) is 0.458. The number of aryl methyl sites for hydroxylation is 2. The summed E-state index contributed by atoms with van der Waals surface area (Å²) in [5, 5.41) is 3.18. The van der Waals surface area contributed by atoms with E-state index in [1.807, 2.05) is 65.0 Å². The lowest BCUT2D eigenvalue weighted by atomic mass is 9.89. The van der Waals surface area contributed by atoms with Crippen LogP contribution in [-0.4, -0.2) is 24.7 Å². The summed E-state index contributed by atoms with van der Waals surface area (Å²) in [6.07, 6.45) is 0.687. The number of amides is 1. The number of methoxy groups -OCH3 is 1. The van der Waals surface area contributed by atoms with Crippen LogP contribution in [0.5, 0.6) is 17.2 Å². The third kappa shape index (κ3) is 4.84. The van der Waals surface area contributed by atoms with Gasteiger partial charge in [0, 0.05) is 12.0 Å². The van der Waals surface area contributed by atoms with Crippen LogP contribution in [-0.2, 0) is 4.79 Å². The summed E-state index contributed by atoms with van der Waals surface area (Å²) in [4.78, 5) is 13.1. The van der Waals surface area contributed by atoms with Crippen molar-refractivity contribution < 1.29 is 19.0 Å². The molecule has 3 rings (SSSR count). The molecule has 0 fully saturated rings. The number of ether oxygens (including phenoxy) is 3. The molecule has 1 amide bonds. The topological polar surface area (TPSA) is 56.8 Å². The zero-order valence-electron chi connectivity index (χ0n) is 18.2. The zero-order valence-corrected chi connectivity index (χ0v) is 18.2. The summed E-state index contributed by atoms with van der Waals surface area (Å²) in [5.74, 6) is 2.14. The molecule has 1 N–H and O–H groups in total. The van der Waals surface area contributed by atoms with E-state index < -0.39 is 6.10 Å². The predicted molar refractivity (Wildman–Crippen MR) is 114 cm³/mol. The van der Waals surface area contributed by atoms with Gasteiger partial charge in [-0.3, -0.25) is 4.79 Å². The van der Waals surface area contributed by atoms with E-state index in [1.54, 1.807) is 7.11 Å². The molecule has 2 aromatic rings. The summed E-state index contributed by atoms with van der Waals surface area (Å²) < 4.78 is 17.5. The monoisotopic (exact) mass is 397 g/mol. The Bertz CT molecular complexity index is 890. The maximum absolute atomic E-state index is 13.1. The Kier molecular flexibility index (Phi) is 6.06. The number of fused-ring (bicyclic) bond motifs is 1. The molecule has 0 bridgehead atoms. The van der Waals surface area contributed by atoms with Crippen LogP contribution in [0.1, 0.15) is 56.3 Å². The average Bonchev–Trinajstić information content (AvgIpc) is 2.66. The first-order valence-corrected chi connectivity index (χ1v) is 10.1. The third-order valence-electron chi connectivity index (χ3n) is 5.25. The van der Waals surface area contributed by atoms with Crippen molar-refractivity contribution in [2.45, 2.75) is 65.2 Å². The molecule has 156 valence electrons. The number of hydrogen-bond donors (Lipinski definition) is 1. The second-order valence-electron chi connectivity index (χ2n) is 8.31. The van der Waals surface area contributed by atoms with Gasteiger partial charge in [0.2, 0.25) is 0 Å². The molecule has 1 aliphatic heterocycles. The van der Waals surface area contributed by atoms with Crippen LogP contribution in [0.25, 0.3) is 0 Å². The molecule has 0 radical (unpaired) electrons. The van der Waals surface area contributed by atoms with Gasteiger partial charge in [-0.05, 0) is 63.9 Å². The normalized spacial score (nSPS) is 18.2. The van der Waals surface area contributed by atoms with Crippen LogP contribution in [0.4, 0.5) is 0 Å². The van der Waals surface area contributed by atoms with Crippen molar-refractivity contribution in [3.05, 3.63) is 53.1 Å². The summed E-state index contributed by atoms with van der Waals surface area (Å²) >= 11 is 0. The Morgan fingerprint density at radius 3 is 2.66 bits per heavy atom. The van der Waals surface area contributed by atoms with Gasteiger partial charge in [0.1, 0.15) is 22.8 Å². The highest BCUT2D eigenvalue weighted by Crippen LogP contribution is 2.41. The smallest absolute Gasteiger partial charge is 0.261 e. The highest BCUT2D eigenvalue weighted by Gasteiger charge is 2.36. The second kappa shape index (κ2) is 8.36. The lowest BCUT2D eigenvalue weighted by Crippen LogP contribution is -2.45. The summed E-state index contributed by atoms with van der Waals surface area (Å²) in [6.45, 7) is 10.1. The Labute approximate surface area is 173 Å². The van der Waals surface area contributed by atoms with Crippen molar-refractivity contribution in [1.29, 1.82) is 0 Å². The average molecular weight is 398 g/mol. The van der Waals surface area contributed by atoms with Crippen LogP contribution in [0, 0.1) is 13.8 Å². The van der Waals surface area contributed by atoms with Gasteiger partial charge in [0.15, 0.2) is 6.10 Å². The van der Waals surface area contributed by atoms with Gasteiger partial charge < -0.3 is 19.5 Å². The van der Waals surface area contributed by atoms with Crippen molar-refractivity contribution >= 4 is 5.91 Å².